The zero-order valence-electron chi connectivity index (χ0n) is 11.7. The van der Waals surface area contributed by atoms with Crippen LogP contribution < -0.4 is 5.32 Å². The number of hydrogen-bond donors (Lipinski definition) is 1. The zero-order chi connectivity index (χ0) is 14.8. The van der Waals surface area contributed by atoms with Crippen LogP contribution in [0, 0.1) is 0 Å². The molecule has 1 aliphatic rings. The van der Waals surface area contributed by atoms with Crippen molar-refractivity contribution >= 4 is 34.7 Å². The highest BCUT2D eigenvalue weighted by Crippen LogP contribution is 2.23. The van der Waals surface area contributed by atoms with Crippen LogP contribution in [0.1, 0.15) is 6.42 Å². The Balaban J connectivity index is 1.56. The smallest absolute Gasteiger partial charge is 0.324 e. The summed E-state index contributed by atoms with van der Waals surface area (Å²) in [4.78, 5) is 28.7. The lowest BCUT2D eigenvalue weighted by Crippen LogP contribution is -2.32. The molecule has 0 radical (unpaired) electrons. The fourth-order valence-electron chi connectivity index (χ4n) is 2.32. The van der Waals surface area contributed by atoms with Gasteiger partial charge in [0.1, 0.15) is 0 Å². The number of carbonyl (C=O) groups is 2. The number of fused-ring (bicyclic) bond motifs is 1. The van der Waals surface area contributed by atoms with Gasteiger partial charge in [-0.05, 0) is 18.6 Å². The van der Waals surface area contributed by atoms with Gasteiger partial charge in [-0.1, -0.05) is 23.9 Å². The van der Waals surface area contributed by atoms with Crippen molar-refractivity contribution in [3.63, 3.8) is 0 Å². The molecule has 0 unspecified atom stereocenters. The third kappa shape index (κ3) is 2.73. The Morgan fingerprint density at radius 2 is 2.14 bits per heavy atom. The van der Waals surface area contributed by atoms with E-state index in [2.05, 4.69) is 14.9 Å². The van der Waals surface area contributed by atoms with E-state index in [9.17, 15) is 9.59 Å². The molecule has 21 heavy (non-hydrogen) atoms. The predicted octanol–water partition coefficient (Wildman–Crippen LogP) is 1.61. The van der Waals surface area contributed by atoms with Crippen LogP contribution in [0.2, 0.25) is 0 Å². The van der Waals surface area contributed by atoms with Gasteiger partial charge >= 0.3 is 6.03 Å². The van der Waals surface area contributed by atoms with Crippen molar-refractivity contribution in [1.29, 1.82) is 0 Å². The average Bonchev–Trinajstić information content (AvgIpc) is 2.97. The predicted molar refractivity (Wildman–Crippen MR) is 81.2 cm³/mol. The minimum atomic E-state index is -0.285. The average molecular weight is 304 g/mol. The third-order valence-electron chi connectivity index (χ3n) is 3.44. The van der Waals surface area contributed by atoms with Gasteiger partial charge < -0.3 is 9.88 Å². The standard InChI is InChI=1S/C14H16N4O2S/c1-17-11-6-3-2-5-10(11)16-14(17)21-8-4-7-18-12(19)9-15-13(18)20/h2-3,5-6H,4,7-9H2,1H3,(H,15,20). The first kappa shape index (κ1) is 13.9. The molecule has 6 nitrogen and oxygen atoms in total. The fourth-order valence-corrected chi connectivity index (χ4v) is 3.23. The van der Waals surface area contributed by atoms with Crippen molar-refractivity contribution in [2.45, 2.75) is 11.6 Å². The summed E-state index contributed by atoms with van der Waals surface area (Å²) in [5, 5.41) is 3.47. The Morgan fingerprint density at radius 1 is 1.33 bits per heavy atom. The molecule has 0 saturated carbocycles. The first-order chi connectivity index (χ1) is 10.2. The van der Waals surface area contributed by atoms with Gasteiger partial charge in [-0.15, -0.1) is 0 Å². The van der Waals surface area contributed by atoms with Crippen molar-refractivity contribution in [3.8, 4) is 0 Å². The van der Waals surface area contributed by atoms with Crippen LogP contribution in [0.3, 0.4) is 0 Å². The number of carbonyl (C=O) groups excluding carboxylic acids is 2. The van der Waals surface area contributed by atoms with Gasteiger partial charge in [-0.3, -0.25) is 9.69 Å². The van der Waals surface area contributed by atoms with E-state index in [-0.39, 0.29) is 18.5 Å². The Kier molecular flexibility index (Phi) is 3.83. The summed E-state index contributed by atoms with van der Waals surface area (Å²) in [5.74, 6) is 0.668. The summed E-state index contributed by atoms with van der Waals surface area (Å²) in [7, 11) is 2.00. The van der Waals surface area contributed by atoms with Gasteiger partial charge in [0, 0.05) is 19.3 Å². The number of thioether (sulfide) groups is 1. The molecule has 1 fully saturated rings. The van der Waals surface area contributed by atoms with Crippen molar-refractivity contribution < 1.29 is 9.59 Å². The molecule has 0 aliphatic carbocycles. The van der Waals surface area contributed by atoms with Crippen LogP contribution in [0.4, 0.5) is 4.79 Å². The number of benzene rings is 1. The van der Waals surface area contributed by atoms with E-state index < -0.39 is 0 Å². The number of aryl methyl sites for hydroxylation is 1. The van der Waals surface area contributed by atoms with E-state index in [4.69, 9.17) is 0 Å². The maximum absolute atomic E-state index is 11.4. The van der Waals surface area contributed by atoms with Crippen molar-refractivity contribution in [1.82, 2.24) is 19.8 Å². The summed E-state index contributed by atoms with van der Waals surface area (Å²) in [6, 6.07) is 7.72. The number of nitrogens with zero attached hydrogens (tertiary/aromatic N) is 3. The quantitative estimate of drug-likeness (QED) is 0.518. The molecule has 1 aromatic carbocycles. The minimum absolute atomic E-state index is 0.122. The first-order valence-electron chi connectivity index (χ1n) is 6.79. The second-order valence-electron chi connectivity index (χ2n) is 4.85. The number of rotatable bonds is 5. The molecule has 1 N–H and O–H groups in total. The van der Waals surface area contributed by atoms with E-state index in [0.29, 0.717) is 6.54 Å². The highest BCUT2D eigenvalue weighted by Gasteiger charge is 2.27. The van der Waals surface area contributed by atoms with Crippen molar-refractivity contribution in [2.75, 3.05) is 18.8 Å². The molecule has 3 rings (SSSR count). The zero-order valence-corrected chi connectivity index (χ0v) is 12.5. The monoisotopic (exact) mass is 304 g/mol. The molecule has 1 saturated heterocycles. The normalized spacial score (nSPS) is 15.0. The van der Waals surface area contributed by atoms with Crippen molar-refractivity contribution in [2.24, 2.45) is 7.05 Å². The number of urea groups is 1. The lowest BCUT2D eigenvalue weighted by atomic mass is 10.3. The summed E-state index contributed by atoms with van der Waals surface area (Å²) in [5.41, 5.74) is 2.09. The molecule has 7 heteroatoms. The molecule has 0 spiro atoms. The Bertz CT molecular complexity index is 681. The number of imidazole rings is 1. The SMILES string of the molecule is Cn1c(SCCCN2C(=O)CNC2=O)nc2ccccc21. The third-order valence-corrected chi connectivity index (χ3v) is 4.56. The second-order valence-corrected chi connectivity index (χ2v) is 5.91. The van der Waals surface area contributed by atoms with E-state index >= 15 is 0 Å². The van der Waals surface area contributed by atoms with Crippen molar-refractivity contribution in [3.05, 3.63) is 24.3 Å². The van der Waals surface area contributed by atoms with E-state index in [0.717, 1.165) is 28.4 Å². The van der Waals surface area contributed by atoms with Gasteiger partial charge in [-0.2, -0.15) is 0 Å². The molecule has 2 heterocycles. The Labute approximate surface area is 126 Å². The van der Waals surface area contributed by atoms with Gasteiger partial charge in [-0.25, -0.2) is 9.78 Å². The van der Waals surface area contributed by atoms with Crippen LogP contribution in [0.15, 0.2) is 29.4 Å². The number of aromatic nitrogens is 2. The van der Waals surface area contributed by atoms with Crippen LogP contribution in [-0.4, -0.2) is 45.2 Å². The molecular weight excluding hydrogens is 288 g/mol. The van der Waals surface area contributed by atoms with Crippen LogP contribution >= 0.6 is 11.8 Å². The van der Waals surface area contributed by atoms with Gasteiger partial charge in [0.15, 0.2) is 5.16 Å². The number of para-hydroxylation sites is 2. The first-order valence-corrected chi connectivity index (χ1v) is 7.78. The van der Waals surface area contributed by atoms with Gasteiger partial charge in [0.25, 0.3) is 0 Å². The lowest BCUT2D eigenvalue weighted by molar-refractivity contribution is -0.124. The fraction of sp³-hybridized carbons (Fsp3) is 0.357. The number of imide groups is 1. The van der Waals surface area contributed by atoms with E-state index in [1.165, 1.54) is 4.90 Å². The molecule has 2 aromatic rings. The van der Waals surface area contributed by atoms with Crippen LogP contribution in [-0.2, 0) is 11.8 Å². The molecule has 110 valence electrons. The minimum Gasteiger partial charge on any atom is -0.329 e. The molecule has 1 aliphatic heterocycles. The largest absolute Gasteiger partial charge is 0.329 e. The summed E-state index contributed by atoms with van der Waals surface area (Å²) in [6.45, 7) is 0.582. The van der Waals surface area contributed by atoms with Crippen LogP contribution in [0.25, 0.3) is 11.0 Å². The molecular formula is C14H16N4O2S. The Hall–Kier alpha value is -2.02. The highest BCUT2D eigenvalue weighted by atomic mass is 32.2. The molecule has 1 aromatic heterocycles. The van der Waals surface area contributed by atoms with Crippen LogP contribution in [0.5, 0.6) is 0 Å². The van der Waals surface area contributed by atoms with E-state index in [1.54, 1.807) is 11.8 Å². The van der Waals surface area contributed by atoms with Gasteiger partial charge in [0.2, 0.25) is 5.91 Å². The highest BCUT2D eigenvalue weighted by molar-refractivity contribution is 7.99. The number of amides is 3. The summed E-state index contributed by atoms with van der Waals surface area (Å²) in [6.07, 6.45) is 0.757. The number of nitrogens with one attached hydrogen (secondary N) is 1. The summed E-state index contributed by atoms with van der Waals surface area (Å²) < 4.78 is 2.06. The maximum atomic E-state index is 11.4. The molecule has 3 amide bonds. The van der Waals surface area contributed by atoms with E-state index in [1.807, 2.05) is 31.3 Å². The molecule has 0 atom stereocenters. The lowest BCUT2D eigenvalue weighted by Gasteiger charge is -2.11. The number of hydrogen-bond acceptors (Lipinski definition) is 4. The topological polar surface area (TPSA) is 67.2 Å². The summed E-state index contributed by atoms with van der Waals surface area (Å²) >= 11 is 1.64. The maximum Gasteiger partial charge on any atom is 0.324 e. The second kappa shape index (κ2) is 5.77. The Morgan fingerprint density at radius 3 is 2.86 bits per heavy atom. The van der Waals surface area contributed by atoms with Gasteiger partial charge in [0.05, 0.1) is 17.6 Å². The molecule has 0 bridgehead atoms.